The summed E-state index contributed by atoms with van der Waals surface area (Å²) in [6, 6.07) is 30.2. The second-order valence-corrected chi connectivity index (χ2v) is 8.62. The summed E-state index contributed by atoms with van der Waals surface area (Å²) < 4.78 is 6.36. The second-order valence-electron chi connectivity index (χ2n) is 7.61. The van der Waals surface area contributed by atoms with Gasteiger partial charge in [-0.15, -0.1) is 0 Å². The number of carbonyl (C=O) groups excluding carboxylic acids is 1. The lowest BCUT2D eigenvalue weighted by atomic mass is 10.0. The molecule has 0 aliphatic heterocycles. The van der Waals surface area contributed by atoms with Crippen molar-refractivity contribution in [3.8, 4) is 5.75 Å². The van der Waals surface area contributed by atoms with Gasteiger partial charge in [-0.1, -0.05) is 84.1 Å². The Morgan fingerprint density at radius 3 is 2.56 bits per heavy atom. The smallest absolute Gasteiger partial charge is 0.233 e. The number of amides is 1. The fraction of sp³-hybridized carbons (Fsp3) is 0.111. The lowest BCUT2D eigenvalue weighted by Gasteiger charge is -2.20. The fourth-order valence-corrected chi connectivity index (χ4v) is 4.83. The Balaban J connectivity index is 1.52. The van der Waals surface area contributed by atoms with Gasteiger partial charge < -0.3 is 4.74 Å². The molecule has 0 unspecified atom stereocenters. The van der Waals surface area contributed by atoms with Crippen molar-refractivity contribution in [3.05, 3.63) is 102 Å². The molecule has 5 heteroatoms. The van der Waals surface area contributed by atoms with Crippen molar-refractivity contribution < 1.29 is 9.53 Å². The Kier molecular flexibility index (Phi) is 5.57. The summed E-state index contributed by atoms with van der Waals surface area (Å²) >= 11 is 1.52. The van der Waals surface area contributed by atoms with Gasteiger partial charge in [0.1, 0.15) is 5.75 Å². The molecule has 0 saturated carbocycles. The van der Waals surface area contributed by atoms with Crippen LogP contribution in [0.1, 0.15) is 11.1 Å². The van der Waals surface area contributed by atoms with Crippen LogP contribution in [0.15, 0.2) is 91.0 Å². The number of fused-ring (bicyclic) bond motifs is 2. The molecule has 0 N–H and O–H groups in total. The summed E-state index contributed by atoms with van der Waals surface area (Å²) in [5.74, 6) is 0.780. The molecular formula is C27H22N2O2S. The van der Waals surface area contributed by atoms with Crippen LogP contribution >= 0.6 is 11.3 Å². The largest absolute Gasteiger partial charge is 0.497 e. The van der Waals surface area contributed by atoms with Gasteiger partial charge in [-0.25, -0.2) is 4.98 Å². The van der Waals surface area contributed by atoms with E-state index in [4.69, 9.17) is 9.72 Å². The average Bonchev–Trinajstić information content (AvgIpc) is 3.26. The molecule has 1 aromatic heterocycles. The first-order chi connectivity index (χ1) is 15.7. The summed E-state index contributed by atoms with van der Waals surface area (Å²) in [6.45, 7) is 0.474. The fourth-order valence-electron chi connectivity index (χ4n) is 3.87. The Morgan fingerprint density at radius 1 is 0.938 bits per heavy atom. The zero-order chi connectivity index (χ0) is 21.9. The van der Waals surface area contributed by atoms with Gasteiger partial charge in [-0.2, -0.15) is 0 Å². The minimum atomic E-state index is 0.0243. The Labute approximate surface area is 190 Å². The molecule has 32 heavy (non-hydrogen) atoms. The number of methoxy groups -OCH3 is 1. The van der Waals surface area contributed by atoms with Crippen molar-refractivity contribution in [1.29, 1.82) is 0 Å². The number of hydrogen-bond donors (Lipinski definition) is 0. The number of hydrogen-bond acceptors (Lipinski definition) is 4. The molecular weight excluding hydrogens is 416 g/mol. The zero-order valence-electron chi connectivity index (χ0n) is 17.7. The number of aromatic nitrogens is 1. The number of carbonyl (C=O) groups is 1. The summed E-state index contributed by atoms with van der Waals surface area (Å²) in [5.41, 5.74) is 2.92. The number of thiazole rings is 1. The predicted octanol–water partition coefficient (Wildman–Crippen LogP) is 6.23. The van der Waals surface area contributed by atoms with Crippen LogP contribution in [0.2, 0.25) is 0 Å². The number of nitrogens with zero attached hydrogens (tertiary/aromatic N) is 2. The van der Waals surface area contributed by atoms with Gasteiger partial charge in [0.05, 0.1) is 30.3 Å². The first-order valence-corrected chi connectivity index (χ1v) is 11.3. The van der Waals surface area contributed by atoms with Gasteiger partial charge in [0.15, 0.2) is 5.13 Å². The molecule has 0 atom stereocenters. The third kappa shape index (κ3) is 4.07. The number of benzene rings is 4. The van der Waals surface area contributed by atoms with Crippen LogP contribution in [0.4, 0.5) is 5.13 Å². The second kappa shape index (κ2) is 8.81. The van der Waals surface area contributed by atoms with Crippen molar-refractivity contribution in [2.24, 2.45) is 0 Å². The van der Waals surface area contributed by atoms with Crippen LogP contribution < -0.4 is 9.64 Å². The van der Waals surface area contributed by atoms with Crippen LogP contribution in [0.25, 0.3) is 21.0 Å². The van der Waals surface area contributed by atoms with E-state index in [9.17, 15) is 4.79 Å². The van der Waals surface area contributed by atoms with E-state index < -0.39 is 0 Å². The van der Waals surface area contributed by atoms with Crippen LogP contribution in [0.5, 0.6) is 5.75 Å². The lowest BCUT2D eigenvalue weighted by Crippen LogP contribution is -2.31. The highest BCUT2D eigenvalue weighted by molar-refractivity contribution is 7.22. The molecule has 0 aliphatic rings. The van der Waals surface area contributed by atoms with Crippen LogP contribution in [0.3, 0.4) is 0 Å². The van der Waals surface area contributed by atoms with Gasteiger partial charge in [0.2, 0.25) is 5.91 Å². The van der Waals surface area contributed by atoms with E-state index >= 15 is 0 Å². The highest BCUT2D eigenvalue weighted by Gasteiger charge is 2.21. The van der Waals surface area contributed by atoms with E-state index in [-0.39, 0.29) is 5.91 Å². The van der Waals surface area contributed by atoms with Gasteiger partial charge in [0.25, 0.3) is 0 Å². The molecule has 0 spiro atoms. The predicted molar refractivity (Wildman–Crippen MR) is 131 cm³/mol. The normalized spacial score (nSPS) is 11.0. The van der Waals surface area contributed by atoms with Gasteiger partial charge in [-0.05, 0) is 34.0 Å². The molecule has 4 nitrogen and oxygen atoms in total. The Bertz CT molecular complexity index is 1390. The van der Waals surface area contributed by atoms with Gasteiger partial charge in [0, 0.05) is 6.07 Å². The molecule has 1 heterocycles. The zero-order valence-corrected chi connectivity index (χ0v) is 18.5. The Hall–Kier alpha value is -3.70. The van der Waals surface area contributed by atoms with Gasteiger partial charge in [-0.3, -0.25) is 9.69 Å². The SMILES string of the molecule is COc1ccc2sc(N(Cc3ccccc3)C(=O)Cc3cccc4ccccc34)nc2c1. The molecule has 5 aromatic rings. The first kappa shape index (κ1) is 20.2. The topological polar surface area (TPSA) is 42.4 Å². The average molecular weight is 439 g/mol. The summed E-state index contributed by atoms with van der Waals surface area (Å²) in [5, 5.41) is 2.94. The highest BCUT2D eigenvalue weighted by atomic mass is 32.1. The lowest BCUT2D eigenvalue weighted by molar-refractivity contribution is -0.118. The van der Waals surface area contributed by atoms with Gasteiger partial charge >= 0.3 is 0 Å². The maximum atomic E-state index is 13.6. The van der Waals surface area contributed by atoms with Crippen molar-refractivity contribution >= 4 is 43.4 Å². The molecule has 158 valence electrons. The minimum Gasteiger partial charge on any atom is -0.497 e. The number of anilines is 1. The molecule has 0 saturated heterocycles. The summed E-state index contributed by atoms with van der Waals surface area (Å²) in [6.07, 6.45) is 0.313. The molecule has 5 rings (SSSR count). The van der Waals surface area contributed by atoms with E-state index in [2.05, 4.69) is 18.2 Å². The maximum Gasteiger partial charge on any atom is 0.233 e. The maximum absolute atomic E-state index is 13.6. The molecule has 0 aliphatic carbocycles. The van der Waals surface area contributed by atoms with Crippen LogP contribution in [-0.2, 0) is 17.8 Å². The highest BCUT2D eigenvalue weighted by Crippen LogP contribution is 2.32. The number of rotatable bonds is 6. The van der Waals surface area contributed by atoms with Crippen molar-refractivity contribution in [1.82, 2.24) is 4.98 Å². The van der Waals surface area contributed by atoms with E-state index in [0.717, 1.165) is 37.9 Å². The standard InChI is InChI=1S/C27H22N2O2S/c1-31-22-14-15-25-24(17-22)28-27(32-25)29(18-19-8-3-2-4-9-19)26(30)16-21-12-7-11-20-10-5-6-13-23(20)21/h2-15,17H,16,18H2,1H3. The molecule has 0 fully saturated rings. The quantitative estimate of drug-likeness (QED) is 0.315. The van der Waals surface area contributed by atoms with Crippen molar-refractivity contribution in [3.63, 3.8) is 0 Å². The molecule has 0 bridgehead atoms. The molecule has 4 aromatic carbocycles. The third-order valence-electron chi connectivity index (χ3n) is 5.52. The van der Waals surface area contributed by atoms with E-state index in [0.29, 0.717) is 18.1 Å². The number of ether oxygens (including phenoxy) is 1. The summed E-state index contributed by atoms with van der Waals surface area (Å²) in [4.78, 5) is 20.2. The van der Waals surface area contributed by atoms with E-state index in [1.807, 2.05) is 72.8 Å². The van der Waals surface area contributed by atoms with E-state index in [1.54, 1.807) is 12.0 Å². The Morgan fingerprint density at radius 2 is 1.72 bits per heavy atom. The van der Waals surface area contributed by atoms with Crippen LogP contribution in [0, 0.1) is 0 Å². The van der Waals surface area contributed by atoms with E-state index in [1.165, 1.54) is 11.3 Å². The molecule has 1 amide bonds. The van der Waals surface area contributed by atoms with Crippen molar-refractivity contribution in [2.45, 2.75) is 13.0 Å². The third-order valence-corrected chi connectivity index (χ3v) is 6.58. The summed E-state index contributed by atoms with van der Waals surface area (Å²) in [7, 11) is 1.64. The monoisotopic (exact) mass is 438 g/mol. The molecule has 0 radical (unpaired) electrons. The van der Waals surface area contributed by atoms with Crippen molar-refractivity contribution in [2.75, 3.05) is 12.0 Å². The van der Waals surface area contributed by atoms with Crippen LogP contribution in [-0.4, -0.2) is 18.0 Å². The first-order valence-electron chi connectivity index (χ1n) is 10.5. The minimum absolute atomic E-state index is 0.0243.